The van der Waals surface area contributed by atoms with Gasteiger partial charge in [0.05, 0.1) is 52.9 Å². The number of pyridine rings is 4. The summed E-state index contributed by atoms with van der Waals surface area (Å²) in [6.07, 6.45) is 14.2. The van der Waals surface area contributed by atoms with Crippen molar-refractivity contribution in [2.24, 2.45) is 17.6 Å². The van der Waals surface area contributed by atoms with Crippen LogP contribution in [0, 0.1) is 23.5 Å². The van der Waals surface area contributed by atoms with Crippen molar-refractivity contribution in [2.75, 3.05) is 7.05 Å². The van der Waals surface area contributed by atoms with E-state index in [1.54, 1.807) is 55.7 Å². The molecule has 0 aliphatic heterocycles. The van der Waals surface area contributed by atoms with E-state index in [1.807, 2.05) is 9.13 Å². The summed E-state index contributed by atoms with van der Waals surface area (Å²) in [5.41, 5.74) is 7.33. The van der Waals surface area contributed by atoms with Crippen molar-refractivity contribution in [3.63, 3.8) is 0 Å². The number of aromatic nitrogens is 8. The fourth-order valence-electron chi connectivity index (χ4n) is 9.63. The van der Waals surface area contributed by atoms with Crippen LogP contribution in [0.3, 0.4) is 0 Å². The van der Waals surface area contributed by atoms with Crippen LogP contribution in [0.4, 0.5) is 8.78 Å². The number of rotatable bonds is 13. The first-order valence-corrected chi connectivity index (χ1v) is 25.6. The molecule has 8 aromatic heterocycles. The van der Waals surface area contributed by atoms with E-state index >= 15 is 0 Å². The van der Waals surface area contributed by atoms with E-state index < -0.39 is 17.6 Å². The third-order valence-electron chi connectivity index (χ3n) is 12.8. The van der Waals surface area contributed by atoms with Gasteiger partial charge in [0.1, 0.15) is 22.8 Å². The highest BCUT2D eigenvalue weighted by atomic mass is 35.5. The van der Waals surface area contributed by atoms with Gasteiger partial charge in [0.2, 0.25) is 0 Å². The SMILES string of the molecule is CCC(=O)c1cc2nc(-c3ncccc3F)n([C@H]3CCC[C@@H](CC(=O)c4ccc(Cl)s4)C3)c2cn1.CN.O=C(O)c1cc2nc(-c3ncccc3F)n([C@H]3CCC[C@@H](CC(=O)c4ccc(Cl)s4)C3)c2cn1. The Bertz CT molecular complexity index is 3250. The molecule has 10 rings (SSSR count). The Balaban J connectivity index is 0.000000184. The van der Waals surface area contributed by atoms with Crippen LogP contribution in [0.15, 0.2) is 85.5 Å². The molecule has 2 aliphatic carbocycles. The lowest BCUT2D eigenvalue weighted by atomic mass is 9.82. The fourth-order valence-corrected chi connectivity index (χ4v) is 11.6. The van der Waals surface area contributed by atoms with E-state index in [-0.39, 0.29) is 58.4 Å². The summed E-state index contributed by atoms with van der Waals surface area (Å²) in [6, 6.07) is 15.8. The molecule has 0 amide bonds. The van der Waals surface area contributed by atoms with Crippen molar-refractivity contribution in [2.45, 2.75) is 89.6 Å². The van der Waals surface area contributed by atoms with Crippen LogP contribution >= 0.6 is 45.9 Å². The van der Waals surface area contributed by atoms with Crippen LogP contribution in [0.2, 0.25) is 8.67 Å². The van der Waals surface area contributed by atoms with Gasteiger partial charge in [-0.2, -0.15) is 0 Å². The van der Waals surface area contributed by atoms with Crippen molar-refractivity contribution >= 4 is 91.3 Å². The van der Waals surface area contributed by atoms with Crippen molar-refractivity contribution in [1.29, 1.82) is 0 Å². The molecule has 8 aromatic rings. The monoisotopic (exact) mass is 1040 g/mol. The number of ketones is 3. The molecule has 14 nitrogen and oxygen atoms in total. The molecule has 2 fully saturated rings. The van der Waals surface area contributed by atoms with Gasteiger partial charge >= 0.3 is 5.97 Å². The zero-order valence-corrected chi connectivity index (χ0v) is 41.9. The van der Waals surface area contributed by atoms with Crippen molar-refractivity contribution in [1.82, 2.24) is 39.0 Å². The van der Waals surface area contributed by atoms with Gasteiger partial charge in [-0.05, 0) is 118 Å². The zero-order chi connectivity index (χ0) is 50.3. The highest BCUT2D eigenvalue weighted by Gasteiger charge is 2.32. The number of Topliss-reactive ketones (excluding diaryl/α,β-unsaturated/α-hetero) is 3. The number of imidazole rings is 2. The molecule has 3 N–H and O–H groups in total. The lowest BCUT2D eigenvalue weighted by Gasteiger charge is -2.31. The Labute approximate surface area is 425 Å². The smallest absolute Gasteiger partial charge is 0.354 e. The molecule has 0 unspecified atom stereocenters. The number of carboxylic acid groups (broad SMARTS) is 1. The number of halogens is 4. The Hall–Kier alpha value is -6.18. The number of nitrogens with two attached hydrogens (primary N) is 1. The standard InChI is InChI=1S/C26H24ClFN4O2S.C24H20ClFN4O3S.CH5N/c1-2-21(33)19-13-18-20(14-30-19)32(26(31-18)25-17(28)7-4-10-29-25)16-6-3-5-15(11-16)12-22(34)23-8-9-24(27)35-23;25-21-7-6-20(34-21)19(31)10-13-3-1-4-14(9-13)30-18-12-28-17(24(32)33)11-16(18)29-23(30)22-15(26)5-2-8-27-22;1-2/h4,7-10,13-16H,2-3,5-6,11-12H2,1H3;2,5-8,11-14H,1,3-4,9-10H2,(H,32,33);2H2,1H3/t15-,16+;13-,14+;/m11./s1. The number of carbonyl (C=O) groups is 4. The minimum atomic E-state index is -1.16. The average Bonchev–Trinajstić information content (AvgIpc) is 4.19. The lowest BCUT2D eigenvalue weighted by Crippen LogP contribution is -2.22. The van der Waals surface area contributed by atoms with Crippen LogP contribution in [0.1, 0.15) is 130 Å². The third-order valence-corrected chi connectivity index (χ3v) is 15.3. The summed E-state index contributed by atoms with van der Waals surface area (Å²) in [5.74, 6) is -0.940. The van der Waals surface area contributed by atoms with Gasteiger partial charge in [-0.1, -0.05) is 43.0 Å². The highest BCUT2D eigenvalue weighted by Crippen LogP contribution is 2.42. The van der Waals surface area contributed by atoms with Gasteiger partial charge in [0.25, 0.3) is 0 Å². The number of fused-ring (bicyclic) bond motifs is 2. The molecule has 2 saturated carbocycles. The molecule has 71 heavy (non-hydrogen) atoms. The van der Waals surface area contributed by atoms with Gasteiger partial charge in [0.15, 0.2) is 40.6 Å². The first-order chi connectivity index (χ1) is 34.3. The van der Waals surface area contributed by atoms with Gasteiger partial charge in [-0.3, -0.25) is 19.4 Å². The summed E-state index contributed by atoms with van der Waals surface area (Å²) < 4.78 is 34.6. The molecule has 0 saturated heterocycles. The third kappa shape index (κ3) is 11.5. The van der Waals surface area contributed by atoms with Crippen molar-refractivity contribution < 1.29 is 33.1 Å². The van der Waals surface area contributed by atoms with Crippen LogP contribution in [-0.4, -0.2) is 74.5 Å². The number of hydrogen-bond acceptors (Lipinski definition) is 13. The minimum absolute atomic E-state index is 0.00408. The Morgan fingerprint density at radius 1 is 0.662 bits per heavy atom. The number of thiophene rings is 2. The normalized spacial score (nSPS) is 17.8. The summed E-state index contributed by atoms with van der Waals surface area (Å²) in [6.45, 7) is 1.79. The maximum absolute atomic E-state index is 14.8. The van der Waals surface area contributed by atoms with Gasteiger partial charge < -0.3 is 20.0 Å². The quantitative estimate of drug-likeness (QED) is 0.104. The first kappa shape index (κ1) is 51.2. The molecule has 0 radical (unpaired) electrons. The molecule has 0 aromatic carbocycles. The number of hydrogen-bond donors (Lipinski definition) is 2. The van der Waals surface area contributed by atoms with E-state index in [2.05, 4.69) is 30.7 Å². The maximum atomic E-state index is 14.8. The lowest BCUT2D eigenvalue weighted by molar-refractivity contribution is 0.0689. The van der Waals surface area contributed by atoms with Crippen LogP contribution in [0.5, 0.6) is 0 Å². The fraction of sp³-hybridized carbons (Fsp3) is 0.333. The molecule has 2 aliphatic rings. The van der Waals surface area contributed by atoms with Crippen LogP contribution < -0.4 is 5.73 Å². The second-order valence-corrected chi connectivity index (χ2v) is 20.7. The number of carbonyl (C=O) groups excluding carboxylic acids is 3. The summed E-state index contributed by atoms with van der Waals surface area (Å²) in [5, 5.41) is 9.34. The predicted octanol–water partition coefficient (Wildman–Crippen LogP) is 12.6. The maximum Gasteiger partial charge on any atom is 0.354 e. The molecule has 0 spiro atoms. The molecule has 368 valence electrons. The summed E-state index contributed by atoms with van der Waals surface area (Å²) >= 11 is 14.6. The number of aromatic carboxylic acids is 1. The predicted molar refractivity (Wildman–Crippen MR) is 272 cm³/mol. The molecular formula is C51H49Cl2F2N9O5S2. The first-order valence-electron chi connectivity index (χ1n) is 23.2. The minimum Gasteiger partial charge on any atom is -0.477 e. The van der Waals surface area contributed by atoms with Gasteiger partial charge in [0, 0.05) is 43.7 Å². The van der Waals surface area contributed by atoms with E-state index in [4.69, 9.17) is 28.2 Å². The summed E-state index contributed by atoms with van der Waals surface area (Å²) in [7, 11) is 1.50. The molecule has 8 heterocycles. The zero-order valence-electron chi connectivity index (χ0n) is 38.7. The van der Waals surface area contributed by atoms with E-state index in [9.17, 15) is 33.1 Å². The number of nitrogens with zero attached hydrogens (tertiary/aromatic N) is 8. The Morgan fingerprint density at radius 2 is 1.11 bits per heavy atom. The molecular weight excluding hydrogens is 992 g/mol. The van der Waals surface area contributed by atoms with E-state index in [0.717, 1.165) is 50.5 Å². The van der Waals surface area contributed by atoms with Gasteiger partial charge in [-0.25, -0.2) is 38.5 Å². The molecule has 0 bridgehead atoms. The second kappa shape index (κ2) is 22.9. The van der Waals surface area contributed by atoms with Crippen LogP contribution in [-0.2, 0) is 0 Å². The Kier molecular flexibility index (Phi) is 16.5. The van der Waals surface area contributed by atoms with E-state index in [1.165, 1.54) is 66.4 Å². The Morgan fingerprint density at radius 3 is 1.52 bits per heavy atom. The number of carboxylic acids is 1. The van der Waals surface area contributed by atoms with E-state index in [0.29, 0.717) is 78.0 Å². The highest BCUT2D eigenvalue weighted by molar-refractivity contribution is 7.18. The largest absolute Gasteiger partial charge is 0.477 e. The second-order valence-electron chi connectivity index (χ2n) is 17.3. The van der Waals surface area contributed by atoms with Crippen molar-refractivity contribution in [3.8, 4) is 23.0 Å². The molecule has 20 heteroatoms. The van der Waals surface area contributed by atoms with Gasteiger partial charge in [-0.15, -0.1) is 22.7 Å². The van der Waals surface area contributed by atoms with Crippen LogP contribution in [0.25, 0.3) is 45.1 Å². The average molecular weight is 1040 g/mol. The summed E-state index contributed by atoms with van der Waals surface area (Å²) in [4.78, 5) is 76.8. The topological polar surface area (TPSA) is 202 Å². The molecule has 4 atom stereocenters. The van der Waals surface area contributed by atoms with Crippen molar-refractivity contribution in [3.05, 3.63) is 127 Å².